The van der Waals surface area contributed by atoms with Gasteiger partial charge in [-0.1, -0.05) is 11.6 Å². The molecule has 1 saturated heterocycles. The number of pyridine rings is 1. The third-order valence-electron chi connectivity index (χ3n) is 3.54. The number of halogens is 2. The molecule has 2 aromatic rings. The van der Waals surface area contributed by atoms with E-state index >= 15 is 0 Å². The summed E-state index contributed by atoms with van der Waals surface area (Å²) in [5, 5.41) is 1.95. The number of nitrogens with zero attached hydrogens (tertiary/aromatic N) is 2. The molecule has 96 valence electrons. The van der Waals surface area contributed by atoms with Gasteiger partial charge in [0.2, 0.25) is 0 Å². The molecule has 0 amide bonds. The monoisotopic (exact) mass is 282 g/mol. The molecule has 0 N–H and O–H groups in total. The van der Waals surface area contributed by atoms with Gasteiger partial charge in [0, 0.05) is 34.9 Å². The zero-order valence-electron chi connectivity index (χ0n) is 10.3. The molecule has 0 aliphatic carbocycles. The Morgan fingerprint density at radius 3 is 2.89 bits per heavy atom. The SMILES string of the molecule is CC1CCCN1c1ccnc2cc(Cl)ccc12.Cl. The van der Waals surface area contributed by atoms with Crippen LogP contribution in [-0.2, 0) is 0 Å². The summed E-state index contributed by atoms with van der Waals surface area (Å²) >= 11 is 6.01. The first-order valence-corrected chi connectivity index (χ1v) is 6.44. The van der Waals surface area contributed by atoms with Gasteiger partial charge in [-0.15, -0.1) is 12.4 Å². The third kappa shape index (κ3) is 2.27. The van der Waals surface area contributed by atoms with Crippen molar-refractivity contribution in [2.45, 2.75) is 25.8 Å². The maximum Gasteiger partial charge on any atom is 0.0737 e. The van der Waals surface area contributed by atoms with Gasteiger partial charge < -0.3 is 4.90 Å². The fourth-order valence-electron chi connectivity index (χ4n) is 2.65. The highest BCUT2D eigenvalue weighted by Crippen LogP contribution is 2.32. The van der Waals surface area contributed by atoms with E-state index in [0.29, 0.717) is 6.04 Å². The van der Waals surface area contributed by atoms with Crippen LogP contribution < -0.4 is 4.90 Å². The first-order chi connectivity index (χ1) is 8.25. The van der Waals surface area contributed by atoms with Crippen LogP contribution in [0.1, 0.15) is 19.8 Å². The first-order valence-electron chi connectivity index (χ1n) is 6.06. The van der Waals surface area contributed by atoms with Crippen LogP contribution in [0.5, 0.6) is 0 Å². The van der Waals surface area contributed by atoms with Crippen LogP contribution in [0.4, 0.5) is 5.69 Å². The van der Waals surface area contributed by atoms with Crippen molar-refractivity contribution in [3.05, 3.63) is 35.5 Å². The Bertz CT molecular complexity index is 556. The molecule has 0 saturated carbocycles. The number of rotatable bonds is 1. The van der Waals surface area contributed by atoms with Crippen LogP contribution in [0.25, 0.3) is 10.9 Å². The summed E-state index contributed by atoms with van der Waals surface area (Å²) in [4.78, 5) is 6.86. The largest absolute Gasteiger partial charge is 0.368 e. The number of benzene rings is 1. The van der Waals surface area contributed by atoms with Crippen molar-refractivity contribution in [3.63, 3.8) is 0 Å². The minimum absolute atomic E-state index is 0. The molecule has 1 aliphatic heterocycles. The Morgan fingerprint density at radius 2 is 2.17 bits per heavy atom. The van der Waals surface area contributed by atoms with E-state index in [0.717, 1.165) is 17.1 Å². The predicted molar refractivity (Wildman–Crippen MR) is 80.0 cm³/mol. The Balaban J connectivity index is 0.00000120. The molecule has 18 heavy (non-hydrogen) atoms. The summed E-state index contributed by atoms with van der Waals surface area (Å²) < 4.78 is 0. The van der Waals surface area contributed by atoms with Crippen LogP contribution in [0.15, 0.2) is 30.5 Å². The molecule has 4 heteroatoms. The quantitative estimate of drug-likeness (QED) is 0.775. The lowest BCUT2D eigenvalue weighted by Crippen LogP contribution is -2.26. The molecule has 1 aromatic heterocycles. The van der Waals surface area contributed by atoms with Gasteiger partial charge in [-0.3, -0.25) is 4.98 Å². The summed E-state index contributed by atoms with van der Waals surface area (Å²) in [7, 11) is 0. The van der Waals surface area contributed by atoms with E-state index in [1.54, 1.807) is 0 Å². The van der Waals surface area contributed by atoms with Crippen molar-refractivity contribution < 1.29 is 0 Å². The van der Waals surface area contributed by atoms with E-state index < -0.39 is 0 Å². The fourth-order valence-corrected chi connectivity index (χ4v) is 2.81. The number of anilines is 1. The van der Waals surface area contributed by atoms with E-state index in [1.807, 2.05) is 18.3 Å². The molecule has 1 fully saturated rings. The maximum atomic E-state index is 6.01. The minimum atomic E-state index is 0. The molecule has 1 unspecified atom stereocenters. The molecule has 1 aliphatic rings. The minimum Gasteiger partial charge on any atom is -0.368 e. The van der Waals surface area contributed by atoms with E-state index in [2.05, 4.69) is 28.9 Å². The highest BCUT2D eigenvalue weighted by Gasteiger charge is 2.21. The average molecular weight is 283 g/mol. The lowest BCUT2D eigenvalue weighted by atomic mass is 10.1. The normalized spacial score (nSPS) is 19.0. The van der Waals surface area contributed by atoms with Crippen LogP contribution in [0, 0.1) is 0 Å². The van der Waals surface area contributed by atoms with E-state index in [9.17, 15) is 0 Å². The van der Waals surface area contributed by atoms with Crippen molar-refractivity contribution in [1.82, 2.24) is 4.98 Å². The topological polar surface area (TPSA) is 16.1 Å². The average Bonchev–Trinajstić information content (AvgIpc) is 2.74. The van der Waals surface area contributed by atoms with Gasteiger partial charge in [0.15, 0.2) is 0 Å². The van der Waals surface area contributed by atoms with Gasteiger partial charge in [-0.25, -0.2) is 0 Å². The van der Waals surface area contributed by atoms with Crippen molar-refractivity contribution >= 4 is 40.6 Å². The smallest absolute Gasteiger partial charge is 0.0737 e. The third-order valence-corrected chi connectivity index (χ3v) is 3.78. The molecule has 3 rings (SSSR count). The van der Waals surface area contributed by atoms with Crippen molar-refractivity contribution in [2.24, 2.45) is 0 Å². The summed E-state index contributed by atoms with van der Waals surface area (Å²) in [6.45, 7) is 3.43. The maximum absolute atomic E-state index is 6.01. The molecule has 2 nitrogen and oxygen atoms in total. The lowest BCUT2D eigenvalue weighted by Gasteiger charge is -2.25. The van der Waals surface area contributed by atoms with Gasteiger partial charge in [-0.2, -0.15) is 0 Å². The van der Waals surface area contributed by atoms with E-state index in [4.69, 9.17) is 11.6 Å². The van der Waals surface area contributed by atoms with Gasteiger partial charge >= 0.3 is 0 Å². The van der Waals surface area contributed by atoms with Crippen LogP contribution in [0.3, 0.4) is 0 Å². The van der Waals surface area contributed by atoms with E-state index in [1.165, 1.54) is 23.9 Å². The first kappa shape index (κ1) is 13.4. The van der Waals surface area contributed by atoms with Crippen LogP contribution in [0.2, 0.25) is 5.02 Å². The molecule has 0 spiro atoms. The highest BCUT2D eigenvalue weighted by atomic mass is 35.5. The number of hydrogen-bond donors (Lipinski definition) is 0. The predicted octanol–water partition coefficient (Wildman–Crippen LogP) is 4.30. The summed E-state index contributed by atoms with van der Waals surface area (Å²) in [5.74, 6) is 0. The lowest BCUT2D eigenvalue weighted by molar-refractivity contribution is 0.736. The van der Waals surface area contributed by atoms with Gasteiger partial charge in [0.05, 0.1) is 5.52 Å². The van der Waals surface area contributed by atoms with E-state index in [-0.39, 0.29) is 12.4 Å². The van der Waals surface area contributed by atoms with Gasteiger partial charge in [0.1, 0.15) is 0 Å². The van der Waals surface area contributed by atoms with Crippen molar-refractivity contribution in [1.29, 1.82) is 0 Å². The zero-order valence-corrected chi connectivity index (χ0v) is 11.8. The second-order valence-electron chi connectivity index (χ2n) is 4.68. The number of hydrogen-bond acceptors (Lipinski definition) is 2. The highest BCUT2D eigenvalue weighted by molar-refractivity contribution is 6.31. The summed E-state index contributed by atoms with van der Waals surface area (Å²) in [6.07, 6.45) is 4.43. The van der Waals surface area contributed by atoms with Gasteiger partial charge in [-0.05, 0) is 44.0 Å². The van der Waals surface area contributed by atoms with Crippen LogP contribution in [-0.4, -0.2) is 17.6 Å². The molecule has 0 bridgehead atoms. The molecular formula is C14H16Cl2N2. The van der Waals surface area contributed by atoms with Crippen LogP contribution >= 0.6 is 24.0 Å². The molecular weight excluding hydrogens is 267 g/mol. The molecule has 0 radical (unpaired) electrons. The zero-order chi connectivity index (χ0) is 11.8. The fraction of sp³-hybridized carbons (Fsp3) is 0.357. The Kier molecular flexibility index (Phi) is 3.98. The molecule has 1 aromatic carbocycles. The Morgan fingerprint density at radius 1 is 1.33 bits per heavy atom. The summed E-state index contributed by atoms with van der Waals surface area (Å²) in [5.41, 5.74) is 2.27. The molecule has 2 heterocycles. The Hall–Kier alpha value is -0.990. The number of aromatic nitrogens is 1. The summed E-state index contributed by atoms with van der Waals surface area (Å²) in [6, 6.07) is 8.68. The van der Waals surface area contributed by atoms with Crippen molar-refractivity contribution in [2.75, 3.05) is 11.4 Å². The number of fused-ring (bicyclic) bond motifs is 1. The molecule has 1 atom stereocenters. The second-order valence-corrected chi connectivity index (χ2v) is 5.11. The Labute approximate surface area is 118 Å². The standard InChI is InChI=1S/C14H15ClN2.ClH/c1-10-3-2-8-17(10)14-6-7-16-13-9-11(15)4-5-12(13)14;/h4-7,9-10H,2-3,8H2,1H3;1H. The second kappa shape index (κ2) is 5.33. The van der Waals surface area contributed by atoms with Crippen molar-refractivity contribution in [3.8, 4) is 0 Å². The van der Waals surface area contributed by atoms with Gasteiger partial charge in [0.25, 0.3) is 0 Å².